The fraction of sp³-hybridized carbons (Fsp3) is 0.250. The van der Waals surface area contributed by atoms with Crippen LogP contribution in [0.15, 0.2) is 48.5 Å². The number of benzene rings is 2. The first-order valence-electron chi connectivity index (χ1n) is 6.25. The summed E-state index contributed by atoms with van der Waals surface area (Å²) in [6.07, 6.45) is 0.968. The third-order valence-corrected chi connectivity index (χ3v) is 3.01. The number of rotatable bonds is 4. The monoisotopic (exact) mass is 241 g/mol. The molecule has 0 radical (unpaired) electrons. The van der Waals surface area contributed by atoms with E-state index in [1.165, 1.54) is 5.56 Å². The van der Waals surface area contributed by atoms with Crippen molar-refractivity contribution in [3.05, 3.63) is 59.7 Å². The molecule has 2 rings (SSSR count). The van der Waals surface area contributed by atoms with Gasteiger partial charge < -0.3 is 10.4 Å². The van der Waals surface area contributed by atoms with Crippen molar-refractivity contribution < 1.29 is 5.11 Å². The van der Waals surface area contributed by atoms with Gasteiger partial charge in [0, 0.05) is 17.8 Å². The van der Waals surface area contributed by atoms with Crippen molar-refractivity contribution in [1.82, 2.24) is 0 Å². The van der Waals surface area contributed by atoms with Crippen molar-refractivity contribution >= 4 is 5.69 Å². The zero-order chi connectivity index (χ0) is 13.0. The highest BCUT2D eigenvalue weighted by atomic mass is 16.3. The minimum Gasteiger partial charge on any atom is -0.508 e. The van der Waals surface area contributed by atoms with E-state index < -0.39 is 0 Å². The van der Waals surface area contributed by atoms with Crippen molar-refractivity contribution in [2.24, 2.45) is 0 Å². The van der Waals surface area contributed by atoms with Crippen LogP contribution in [0.5, 0.6) is 5.75 Å². The first-order valence-corrected chi connectivity index (χ1v) is 6.25. The molecule has 0 saturated carbocycles. The first-order chi connectivity index (χ1) is 8.65. The average molecular weight is 241 g/mol. The number of hydrogen-bond acceptors (Lipinski definition) is 2. The smallest absolute Gasteiger partial charge is 0.120 e. The molecule has 0 aliphatic heterocycles. The lowest BCUT2D eigenvalue weighted by Gasteiger charge is -2.16. The van der Waals surface area contributed by atoms with E-state index in [1.54, 1.807) is 6.07 Å². The molecule has 1 unspecified atom stereocenters. The van der Waals surface area contributed by atoms with Gasteiger partial charge in [0.1, 0.15) is 5.75 Å². The van der Waals surface area contributed by atoms with Crippen LogP contribution in [0.2, 0.25) is 0 Å². The van der Waals surface area contributed by atoms with Crippen molar-refractivity contribution in [3.8, 4) is 5.75 Å². The number of hydrogen-bond donors (Lipinski definition) is 2. The Morgan fingerprint density at radius 1 is 1.11 bits per heavy atom. The Kier molecular flexibility index (Phi) is 3.88. The van der Waals surface area contributed by atoms with Crippen LogP contribution in [0.25, 0.3) is 0 Å². The van der Waals surface area contributed by atoms with Gasteiger partial charge in [0.2, 0.25) is 0 Å². The summed E-state index contributed by atoms with van der Waals surface area (Å²) in [5.41, 5.74) is 3.17. The molecule has 18 heavy (non-hydrogen) atoms. The number of phenols is 1. The molecular formula is C16H19NO. The van der Waals surface area contributed by atoms with Gasteiger partial charge >= 0.3 is 0 Å². The highest BCUT2D eigenvalue weighted by molar-refractivity contribution is 5.51. The minimum absolute atomic E-state index is 0.328. The van der Waals surface area contributed by atoms with Crippen LogP contribution < -0.4 is 5.32 Å². The Hall–Kier alpha value is -1.96. The Balaban J connectivity index is 1.99. The molecule has 2 heteroatoms. The van der Waals surface area contributed by atoms with Gasteiger partial charge in [-0.25, -0.2) is 0 Å². The third kappa shape index (κ3) is 3.27. The van der Waals surface area contributed by atoms with Crippen LogP contribution in [-0.4, -0.2) is 11.1 Å². The number of aryl methyl sites for hydroxylation is 1. The number of nitrogens with one attached hydrogen (secondary N) is 1. The van der Waals surface area contributed by atoms with Gasteiger partial charge in [-0.15, -0.1) is 0 Å². The molecule has 0 aliphatic rings. The van der Waals surface area contributed by atoms with Crippen molar-refractivity contribution in [1.29, 1.82) is 0 Å². The number of aromatic hydroxyl groups is 1. The van der Waals surface area contributed by atoms with Gasteiger partial charge in [-0.3, -0.25) is 0 Å². The van der Waals surface area contributed by atoms with E-state index in [2.05, 4.69) is 36.5 Å². The minimum atomic E-state index is 0.328. The predicted molar refractivity (Wildman–Crippen MR) is 76.1 cm³/mol. The fourth-order valence-electron chi connectivity index (χ4n) is 2.00. The van der Waals surface area contributed by atoms with E-state index in [9.17, 15) is 5.11 Å². The molecule has 1 atom stereocenters. The quantitative estimate of drug-likeness (QED) is 0.854. The summed E-state index contributed by atoms with van der Waals surface area (Å²) in [5, 5.41) is 13.1. The zero-order valence-corrected chi connectivity index (χ0v) is 10.9. The van der Waals surface area contributed by atoms with Crippen molar-refractivity contribution in [2.75, 3.05) is 5.32 Å². The lowest BCUT2D eigenvalue weighted by Crippen LogP contribution is -2.17. The highest BCUT2D eigenvalue weighted by Gasteiger charge is 2.04. The second-order valence-electron chi connectivity index (χ2n) is 4.74. The summed E-state index contributed by atoms with van der Waals surface area (Å²) >= 11 is 0. The normalized spacial score (nSPS) is 12.1. The highest BCUT2D eigenvalue weighted by Crippen LogP contribution is 2.21. The Morgan fingerprint density at radius 3 is 2.50 bits per heavy atom. The van der Waals surface area contributed by atoms with Gasteiger partial charge in [0.15, 0.2) is 0 Å². The molecular weight excluding hydrogens is 222 g/mol. The second kappa shape index (κ2) is 5.58. The van der Waals surface area contributed by atoms with E-state index >= 15 is 0 Å². The van der Waals surface area contributed by atoms with Crippen LogP contribution >= 0.6 is 0 Å². The largest absolute Gasteiger partial charge is 0.508 e. The lowest BCUT2D eigenvalue weighted by atomic mass is 10.1. The zero-order valence-electron chi connectivity index (χ0n) is 10.9. The molecule has 2 N–H and O–H groups in total. The molecule has 2 aromatic rings. The molecule has 0 fully saturated rings. The van der Waals surface area contributed by atoms with Gasteiger partial charge in [0.05, 0.1) is 0 Å². The number of phenolic OH excluding ortho intramolecular Hbond substituents is 1. The molecule has 0 aliphatic carbocycles. The molecule has 0 saturated heterocycles. The first kappa shape index (κ1) is 12.5. The Bertz CT molecular complexity index is 508. The molecule has 2 aromatic carbocycles. The fourth-order valence-corrected chi connectivity index (χ4v) is 2.00. The van der Waals surface area contributed by atoms with E-state index in [-0.39, 0.29) is 0 Å². The maximum atomic E-state index is 9.66. The van der Waals surface area contributed by atoms with E-state index in [0.29, 0.717) is 11.8 Å². The van der Waals surface area contributed by atoms with E-state index in [0.717, 1.165) is 17.7 Å². The van der Waals surface area contributed by atoms with Gasteiger partial charge in [-0.05, 0) is 37.5 Å². The standard InChI is InChI=1S/C16H19NO/c1-12-8-9-15(11-16(12)18)17-13(2)10-14-6-4-3-5-7-14/h3-9,11,13,17-18H,10H2,1-2H3. The van der Waals surface area contributed by atoms with Crippen LogP contribution in [0.4, 0.5) is 5.69 Å². The van der Waals surface area contributed by atoms with Crippen LogP contribution in [-0.2, 0) is 6.42 Å². The van der Waals surface area contributed by atoms with Crippen LogP contribution in [0.3, 0.4) is 0 Å². The summed E-state index contributed by atoms with van der Waals surface area (Å²) < 4.78 is 0. The Labute approximate surface area is 108 Å². The molecule has 94 valence electrons. The molecule has 0 bridgehead atoms. The van der Waals surface area contributed by atoms with E-state index in [4.69, 9.17) is 0 Å². The van der Waals surface area contributed by atoms with Gasteiger partial charge in [0.25, 0.3) is 0 Å². The topological polar surface area (TPSA) is 32.3 Å². The van der Waals surface area contributed by atoms with E-state index in [1.807, 2.05) is 25.1 Å². The molecule has 0 heterocycles. The van der Waals surface area contributed by atoms with Crippen molar-refractivity contribution in [3.63, 3.8) is 0 Å². The van der Waals surface area contributed by atoms with Gasteiger partial charge in [-0.1, -0.05) is 36.4 Å². The summed E-state index contributed by atoms with van der Waals surface area (Å²) in [6, 6.07) is 16.4. The van der Waals surface area contributed by atoms with Gasteiger partial charge in [-0.2, -0.15) is 0 Å². The maximum absolute atomic E-state index is 9.66. The summed E-state index contributed by atoms with van der Waals surface area (Å²) in [7, 11) is 0. The maximum Gasteiger partial charge on any atom is 0.120 e. The van der Waals surface area contributed by atoms with Crippen LogP contribution in [0.1, 0.15) is 18.1 Å². The predicted octanol–water partition coefficient (Wildman–Crippen LogP) is 3.74. The molecule has 2 nitrogen and oxygen atoms in total. The summed E-state index contributed by atoms with van der Waals surface area (Å²) in [5.74, 6) is 0.340. The Morgan fingerprint density at radius 2 is 1.83 bits per heavy atom. The lowest BCUT2D eigenvalue weighted by molar-refractivity contribution is 0.471. The molecule has 0 aromatic heterocycles. The third-order valence-electron chi connectivity index (χ3n) is 3.01. The van der Waals surface area contributed by atoms with Crippen LogP contribution in [0, 0.1) is 6.92 Å². The molecule has 0 amide bonds. The average Bonchev–Trinajstić information content (AvgIpc) is 2.35. The summed E-state index contributed by atoms with van der Waals surface area (Å²) in [6.45, 7) is 4.04. The SMILES string of the molecule is Cc1ccc(NC(C)Cc2ccccc2)cc1O. The summed E-state index contributed by atoms with van der Waals surface area (Å²) in [4.78, 5) is 0. The van der Waals surface area contributed by atoms with Crippen molar-refractivity contribution in [2.45, 2.75) is 26.3 Å². The molecule has 0 spiro atoms. The number of anilines is 1. The second-order valence-corrected chi connectivity index (χ2v) is 4.74.